The Hall–Kier alpha value is -4.39. The molecule has 1 unspecified atom stereocenters. The molecule has 5 rings (SSSR count). The van der Waals surface area contributed by atoms with E-state index in [2.05, 4.69) is 0 Å². The number of benzene rings is 3. The van der Waals surface area contributed by atoms with Crippen molar-refractivity contribution in [2.45, 2.75) is 32.7 Å². The number of aliphatic hydroxyl groups excluding tert-OH is 1. The van der Waals surface area contributed by atoms with Crippen molar-refractivity contribution in [2.24, 2.45) is 0 Å². The first-order valence-electron chi connectivity index (χ1n) is 12.3. The van der Waals surface area contributed by atoms with Gasteiger partial charge in [-0.05, 0) is 80.3 Å². The van der Waals surface area contributed by atoms with Gasteiger partial charge in [-0.15, -0.1) is 0 Å². The summed E-state index contributed by atoms with van der Waals surface area (Å²) < 4.78 is 10.7. The molecule has 0 spiro atoms. The van der Waals surface area contributed by atoms with Gasteiger partial charge in [0.25, 0.3) is 11.7 Å². The fourth-order valence-corrected chi connectivity index (χ4v) is 4.89. The van der Waals surface area contributed by atoms with Crippen LogP contribution in [0.25, 0.3) is 5.76 Å². The van der Waals surface area contributed by atoms with Gasteiger partial charge in [0.05, 0.1) is 30.4 Å². The van der Waals surface area contributed by atoms with Crippen molar-refractivity contribution >= 4 is 29.1 Å². The van der Waals surface area contributed by atoms with E-state index in [1.54, 1.807) is 43.3 Å². The molecule has 0 saturated carbocycles. The molecule has 188 valence electrons. The molecule has 1 amide bonds. The highest BCUT2D eigenvalue weighted by Crippen LogP contribution is 2.43. The first-order chi connectivity index (χ1) is 17.9. The predicted molar refractivity (Wildman–Crippen MR) is 139 cm³/mol. The highest BCUT2D eigenvalue weighted by atomic mass is 16.5. The zero-order valence-electron chi connectivity index (χ0n) is 20.7. The second-order valence-corrected chi connectivity index (χ2v) is 9.13. The Balaban J connectivity index is 1.63. The summed E-state index contributed by atoms with van der Waals surface area (Å²) in [5, 5.41) is 11.4. The minimum absolute atomic E-state index is 0.0155. The zero-order valence-corrected chi connectivity index (χ0v) is 20.7. The molecule has 2 aliphatic rings. The summed E-state index contributed by atoms with van der Waals surface area (Å²) in [5.74, 6) is -1.46. The second-order valence-electron chi connectivity index (χ2n) is 9.13. The Labute approximate surface area is 214 Å². The number of carbonyl (C=O) groups is 3. The minimum atomic E-state index is -0.847. The van der Waals surface area contributed by atoms with Crippen molar-refractivity contribution in [2.75, 3.05) is 18.1 Å². The van der Waals surface area contributed by atoms with Crippen molar-refractivity contribution in [3.63, 3.8) is 0 Å². The number of fused-ring (bicyclic) bond motifs is 1. The largest absolute Gasteiger partial charge is 0.507 e. The van der Waals surface area contributed by atoms with E-state index in [9.17, 15) is 19.5 Å². The topological polar surface area (TPSA) is 93.1 Å². The summed E-state index contributed by atoms with van der Waals surface area (Å²) in [7, 11) is 0. The van der Waals surface area contributed by atoms with Crippen LogP contribution < -0.4 is 9.64 Å². The Morgan fingerprint density at radius 2 is 1.81 bits per heavy atom. The number of hydrogen-bond donors (Lipinski definition) is 1. The van der Waals surface area contributed by atoms with E-state index in [0.717, 1.165) is 29.7 Å². The number of nitrogens with zero attached hydrogens (tertiary/aromatic N) is 1. The molecule has 3 aromatic rings. The maximum absolute atomic E-state index is 13.4. The number of aryl methyl sites for hydroxylation is 2. The number of ether oxygens (including phenoxy) is 2. The number of anilines is 1. The van der Waals surface area contributed by atoms with E-state index in [1.165, 1.54) is 4.90 Å². The van der Waals surface area contributed by atoms with Crippen LogP contribution in [0.15, 0.2) is 72.3 Å². The lowest BCUT2D eigenvalue weighted by Gasteiger charge is -2.26. The van der Waals surface area contributed by atoms with E-state index in [-0.39, 0.29) is 17.9 Å². The molecule has 0 aliphatic carbocycles. The van der Waals surface area contributed by atoms with E-state index in [4.69, 9.17) is 9.47 Å². The fraction of sp³-hybridized carbons (Fsp3) is 0.233. The molecule has 7 nitrogen and oxygen atoms in total. The fourth-order valence-electron chi connectivity index (χ4n) is 4.89. The van der Waals surface area contributed by atoms with E-state index >= 15 is 0 Å². The summed E-state index contributed by atoms with van der Waals surface area (Å²) >= 11 is 0. The van der Waals surface area contributed by atoms with Crippen LogP contribution in [0, 0.1) is 6.92 Å². The van der Waals surface area contributed by atoms with Gasteiger partial charge in [-0.25, -0.2) is 4.79 Å². The van der Waals surface area contributed by atoms with Gasteiger partial charge in [0.15, 0.2) is 0 Å². The molecule has 1 N–H and O–H groups in total. The number of Topliss-reactive ketones (excluding diaryl/α,β-unsaturated/α-hetero) is 1. The summed E-state index contributed by atoms with van der Waals surface area (Å²) in [5.41, 5.74) is 3.83. The summed E-state index contributed by atoms with van der Waals surface area (Å²) in [6.07, 6.45) is 1.67. The number of carbonyl (C=O) groups excluding carboxylic acids is 3. The van der Waals surface area contributed by atoms with E-state index < -0.39 is 23.7 Å². The number of hydrogen-bond acceptors (Lipinski definition) is 6. The molecule has 1 fully saturated rings. The highest BCUT2D eigenvalue weighted by molar-refractivity contribution is 6.51. The first kappa shape index (κ1) is 24.3. The number of esters is 1. The van der Waals surface area contributed by atoms with Gasteiger partial charge in [0.1, 0.15) is 11.5 Å². The van der Waals surface area contributed by atoms with Gasteiger partial charge < -0.3 is 14.6 Å². The summed E-state index contributed by atoms with van der Waals surface area (Å²) in [6, 6.07) is 18.3. The maximum Gasteiger partial charge on any atom is 0.338 e. The zero-order chi connectivity index (χ0) is 26.1. The van der Waals surface area contributed by atoms with Gasteiger partial charge in [-0.2, -0.15) is 0 Å². The van der Waals surface area contributed by atoms with Crippen molar-refractivity contribution in [3.8, 4) is 5.75 Å². The van der Waals surface area contributed by atoms with Crippen molar-refractivity contribution < 1.29 is 29.0 Å². The molecule has 37 heavy (non-hydrogen) atoms. The average molecular weight is 498 g/mol. The van der Waals surface area contributed by atoms with E-state index in [0.29, 0.717) is 29.0 Å². The molecule has 2 heterocycles. The Morgan fingerprint density at radius 1 is 1.05 bits per heavy atom. The highest BCUT2D eigenvalue weighted by Gasteiger charge is 2.47. The normalized spacial score (nSPS) is 18.3. The molecule has 7 heteroatoms. The van der Waals surface area contributed by atoms with Crippen LogP contribution >= 0.6 is 0 Å². The maximum atomic E-state index is 13.4. The van der Waals surface area contributed by atoms with Crippen LogP contribution in [0.4, 0.5) is 5.69 Å². The molecule has 0 aromatic heterocycles. The summed E-state index contributed by atoms with van der Waals surface area (Å²) in [6.45, 7) is 4.54. The van der Waals surface area contributed by atoms with Crippen LogP contribution in [-0.4, -0.2) is 36.0 Å². The molecular weight excluding hydrogens is 470 g/mol. The van der Waals surface area contributed by atoms with Gasteiger partial charge >= 0.3 is 5.97 Å². The van der Waals surface area contributed by atoms with Crippen molar-refractivity contribution in [3.05, 3.63) is 100 Å². The molecular formula is C30H27NO6. The third kappa shape index (κ3) is 4.48. The third-order valence-electron chi connectivity index (χ3n) is 6.64. The lowest BCUT2D eigenvalue weighted by molar-refractivity contribution is -0.132. The van der Waals surface area contributed by atoms with Crippen molar-refractivity contribution in [1.82, 2.24) is 0 Å². The molecule has 3 aromatic carbocycles. The number of amides is 1. The monoisotopic (exact) mass is 497 g/mol. The molecule has 0 radical (unpaired) electrons. The first-order valence-corrected chi connectivity index (χ1v) is 12.3. The van der Waals surface area contributed by atoms with Gasteiger partial charge in [0, 0.05) is 11.3 Å². The Kier molecular flexibility index (Phi) is 6.53. The van der Waals surface area contributed by atoms with Crippen LogP contribution in [0.2, 0.25) is 0 Å². The van der Waals surface area contributed by atoms with Crippen molar-refractivity contribution in [1.29, 1.82) is 0 Å². The van der Waals surface area contributed by atoms with E-state index in [1.807, 2.05) is 37.3 Å². The lowest BCUT2D eigenvalue weighted by Crippen LogP contribution is -2.29. The molecule has 1 atom stereocenters. The SMILES string of the molecule is CCOC(=O)c1ccc(N2C(=O)C(=O)/C(=C(\O)c3ccc4c(c3)CCCO4)C2c2cccc(C)c2)cc1. The minimum Gasteiger partial charge on any atom is -0.507 e. The molecule has 1 saturated heterocycles. The Morgan fingerprint density at radius 3 is 2.54 bits per heavy atom. The van der Waals surface area contributed by atoms with Crippen LogP contribution in [0.1, 0.15) is 52.0 Å². The molecule has 2 aliphatic heterocycles. The number of ketones is 1. The Bertz CT molecular complexity index is 1420. The van der Waals surface area contributed by atoms with Crippen LogP contribution in [0.3, 0.4) is 0 Å². The summed E-state index contributed by atoms with van der Waals surface area (Å²) in [4.78, 5) is 40.3. The predicted octanol–water partition coefficient (Wildman–Crippen LogP) is 5.12. The second kappa shape index (κ2) is 9.93. The van der Waals surface area contributed by atoms with Gasteiger partial charge in [-0.1, -0.05) is 29.8 Å². The third-order valence-corrected chi connectivity index (χ3v) is 6.64. The smallest absolute Gasteiger partial charge is 0.338 e. The van der Waals surface area contributed by atoms with Crippen LogP contribution in [-0.2, 0) is 20.7 Å². The number of aliphatic hydroxyl groups is 1. The lowest BCUT2D eigenvalue weighted by atomic mass is 9.93. The standard InChI is InChI=1S/C30H27NO6/c1-3-36-30(35)19-9-12-23(13-10-19)31-26(21-7-4-6-18(2)16-21)25(28(33)29(31)34)27(32)22-11-14-24-20(17-22)8-5-15-37-24/h4,6-7,9-14,16-17,26,32H,3,5,8,15H2,1-2H3/b27-25-. The van der Waals surface area contributed by atoms with Crippen LogP contribution in [0.5, 0.6) is 5.75 Å². The van der Waals surface area contributed by atoms with Gasteiger partial charge in [0.2, 0.25) is 0 Å². The quantitative estimate of drug-likeness (QED) is 0.228. The number of rotatable bonds is 5. The molecule has 0 bridgehead atoms. The average Bonchev–Trinajstić information content (AvgIpc) is 3.18. The van der Waals surface area contributed by atoms with Gasteiger partial charge in [-0.3, -0.25) is 14.5 Å².